The minimum absolute atomic E-state index is 0.0180. The minimum atomic E-state index is -0.343. The molecule has 2 nitrogen and oxygen atoms in total. The van der Waals surface area contributed by atoms with E-state index >= 15 is 0 Å². The van der Waals surface area contributed by atoms with Crippen LogP contribution in [-0.4, -0.2) is 17.8 Å². The van der Waals surface area contributed by atoms with Crippen LogP contribution in [0.1, 0.15) is 23.2 Å². The Bertz CT molecular complexity index is 375. The number of rotatable bonds is 4. The Hall–Kier alpha value is -1.09. The van der Waals surface area contributed by atoms with Gasteiger partial charge < -0.3 is 5.32 Å². The van der Waals surface area contributed by atoms with E-state index in [9.17, 15) is 9.18 Å². The van der Waals surface area contributed by atoms with E-state index in [1.165, 1.54) is 24.3 Å². The van der Waals surface area contributed by atoms with E-state index in [-0.39, 0.29) is 17.1 Å². The minimum Gasteiger partial charge on any atom is -0.351 e. The fourth-order valence-corrected chi connectivity index (χ4v) is 1.85. The van der Waals surface area contributed by atoms with E-state index in [1.54, 1.807) is 0 Å². The van der Waals surface area contributed by atoms with Gasteiger partial charge in [0, 0.05) is 12.1 Å². The monoisotopic (exact) mass is 241 g/mol. The molecule has 1 fully saturated rings. The first-order valence-corrected chi connectivity index (χ1v) is 5.78. The first kappa shape index (κ1) is 11.4. The smallest absolute Gasteiger partial charge is 0.251 e. The van der Waals surface area contributed by atoms with Crippen LogP contribution in [0.5, 0.6) is 0 Å². The van der Waals surface area contributed by atoms with Crippen molar-refractivity contribution in [2.75, 3.05) is 6.54 Å². The summed E-state index contributed by atoms with van der Waals surface area (Å²) in [5, 5.41) is 2.76. The van der Waals surface area contributed by atoms with Gasteiger partial charge in [0.25, 0.3) is 5.91 Å². The Kier molecular flexibility index (Phi) is 3.44. The van der Waals surface area contributed by atoms with Gasteiger partial charge in [-0.1, -0.05) is 0 Å². The summed E-state index contributed by atoms with van der Waals surface area (Å²) < 4.78 is 12.6. The van der Waals surface area contributed by atoms with Crippen molar-refractivity contribution >= 4 is 17.5 Å². The molecular weight excluding hydrogens is 229 g/mol. The second-order valence-electron chi connectivity index (χ2n) is 4.07. The molecule has 0 aliphatic heterocycles. The van der Waals surface area contributed by atoms with Crippen molar-refractivity contribution in [3.8, 4) is 0 Å². The number of hydrogen-bond donors (Lipinski definition) is 1. The molecule has 0 spiro atoms. The summed E-state index contributed by atoms with van der Waals surface area (Å²) in [5.41, 5.74) is 0.459. The number of carbonyl (C=O) groups excluding carboxylic acids is 1. The summed E-state index contributed by atoms with van der Waals surface area (Å²) in [6, 6.07) is 5.47. The predicted octanol–water partition coefficient (Wildman–Crippen LogP) is 2.57. The van der Waals surface area contributed by atoms with Crippen molar-refractivity contribution in [1.82, 2.24) is 5.32 Å². The van der Waals surface area contributed by atoms with E-state index in [1.807, 2.05) is 0 Å². The normalized spacial score (nSPS) is 16.9. The van der Waals surface area contributed by atoms with Crippen LogP contribution in [0.25, 0.3) is 0 Å². The highest BCUT2D eigenvalue weighted by atomic mass is 35.5. The second kappa shape index (κ2) is 4.83. The van der Waals surface area contributed by atoms with Crippen LogP contribution in [0.4, 0.5) is 4.39 Å². The van der Waals surface area contributed by atoms with Crippen LogP contribution in [0.3, 0.4) is 0 Å². The number of halogens is 2. The van der Waals surface area contributed by atoms with Gasteiger partial charge in [-0.05, 0) is 43.0 Å². The molecule has 2 rings (SSSR count). The topological polar surface area (TPSA) is 29.1 Å². The Morgan fingerprint density at radius 3 is 2.62 bits per heavy atom. The highest BCUT2D eigenvalue weighted by Crippen LogP contribution is 2.35. The number of alkyl halides is 1. The van der Waals surface area contributed by atoms with Crippen molar-refractivity contribution in [3.63, 3.8) is 0 Å². The Labute approximate surface area is 98.8 Å². The number of carbonyl (C=O) groups is 1. The van der Waals surface area contributed by atoms with Crippen molar-refractivity contribution in [3.05, 3.63) is 35.6 Å². The lowest BCUT2D eigenvalue weighted by atomic mass is 10.2. The summed E-state index contributed by atoms with van der Waals surface area (Å²) in [6.45, 7) is 0.475. The van der Waals surface area contributed by atoms with Crippen molar-refractivity contribution in [2.45, 2.75) is 18.2 Å². The second-order valence-corrected chi connectivity index (χ2v) is 4.63. The SMILES string of the molecule is O=C(NCC(Cl)C1CC1)c1ccc(F)cc1. The zero-order chi connectivity index (χ0) is 11.5. The van der Waals surface area contributed by atoms with Gasteiger partial charge in [0.2, 0.25) is 0 Å². The number of hydrogen-bond acceptors (Lipinski definition) is 1. The number of benzene rings is 1. The molecule has 1 saturated carbocycles. The maximum absolute atomic E-state index is 12.6. The fourth-order valence-electron chi connectivity index (χ4n) is 1.52. The Morgan fingerprint density at radius 1 is 1.44 bits per heavy atom. The molecule has 1 aromatic rings. The molecule has 0 bridgehead atoms. The van der Waals surface area contributed by atoms with Gasteiger partial charge >= 0.3 is 0 Å². The van der Waals surface area contributed by atoms with Crippen LogP contribution in [-0.2, 0) is 0 Å². The lowest BCUT2D eigenvalue weighted by molar-refractivity contribution is 0.0953. The quantitative estimate of drug-likeness (QED) is 0.807. The average molecular weight is 242 g/mol. The summed E-state index contributed by atoms with van der Waals surface area (Å²) in [7, 11) is 0. The van der Waals surface area contributed by atoms with E-state index in [4.69, 9.17) is 11.6 Å². The lowest BCUT2D eigenvalue weighted by Crippen LogP contribution is -2.30. The van der Waals surface area contributed by atoms with E-state index in [2.05, 4.69) is 5.32 Å². The molecule has 0 saturated heterocycles. The molecule has 1 atom stereocenters. The molecule has 1 aromatic carbocycles. The van der Waals surface area contributed by atoms with Gasteiger partial charge in [0.05, 0.1) is 5.38 Å². The fraction of sp³-hybridized carbons (Fsp3) is 0.417. The van der Waals surface area contributed by atoms with E-state index in [0.29, 0.717) is 18.0 Å². The van der Waals surface area contributed by atoms with Crippen LogP contribution < -0.4 is 5.32 Å². The maximum atomic E-state index is 12.6. The molecule has 1 aliphatic rings. The van der Waals surface area contributed by atoms with Gasteiger partial charge in [-0.3, -0.25) is 4.79 Å². The van der Waals surface area contributed by atoms with Crippen LogP contribution in [0, 0.1) is 11.7 Å². The van der Waals surface area contributed by atoms with Crippen LogP contribution >= 0.6 is 11.6 Å². The third-order valence-electron chi connectivity index (χ3n) is 2.70. The lowest BCUT2D eigenvalue weighted by Gasteiger charge is -2.09. The van der Waals surface area contributed by atoms with Gasteiger partial charge in [0.15, 0.2) is 0 Å². The molecule has 0 radical (unpaired) electrons. The van der Waals surface area contributed by atoms with Gasteiger partial charge in [0.1, 0.15) is 5.82 Å². The van der Waals surface area contributed by atoms with Gasteiger partial charge in [-0.2, -0.15) is 0 Å². The zero-order valence-corrected chi connectivity index (χ0v) is 9.51. The summed E-state index contributed by atoms with van der Waals surface area (Å²) in [5.74, 6) is 0.00577. The first-order valence-electron chi connectivity index (χ1n) is 5.34. The first-order chi connectivity index (χ1) is 7.66. The van der Waals surface area contributed by atoms with Gasteiger partial charge in [-0.25, -0.2) is 4.39 Å². The van der Waals surface area contributed by atoms with E-state index in [0.717, 1.165) is 12.8 Å². The zero-order valence-electron chi connectivity index (χ0n) is 8.75. The molecule has 16 heavy (non-hydrogen) atoms. The molecular formula is C12H13ClFNO. The Balaban J connectivity index is 1.85. The highest BCUT2D eigenvalue weighted by Gasteiger charge is 2.29. The van der Waals surface area contributed by atoms with Crippen LogP contribution in [0.15, 0.2) is 24.3 Å². The van der Waals surface area contributed by atoms with Crippen LogP contribution in [0.2, 0.25) is 0 Å². The van der Waals surface area contributed by atoms with Crippen molar-refractivity contribution in [1.29, 1.82) is 0 Å². The van der Waals surface area contributed by atoms with Crippen molar-refractivity contribution in [2.24, 2.45) is 5.92 Å². The summed E-state index contributed by atoms with van der Waals surface area (Å²) in [4.78, 5) is 11.6. The standard InChI is InChI=1S/C12H13ClFNO/c13-11(8-1-2-8)7-15-12(16)9-3-5-10(14)6-4-9/h3-6,8,11H,1-2,7H2,(H,15,16). The van der Waals surface area contributed by atoms with Gasteiger partial charge in [-0.15, -0.1) is 11.6 Å². The Morgan fingerprint density at radius 2 is 2.06 bits per heavy atom. The predicted molar refractivity (Wildman–Crippen MR) is 61.1 cm³/mol. The third-order valence-corrected chi connectivity index (χ3v) is 3.21. The summed E-state index contributed by atoms with van der Waals surface area (Å²) >= 11 is 6.06. The molecule has 86 valence electrons. The maximum Gasteiger partial charge on any atom is 0.251 e. The molecule has 1 N–H and O–H groups in total. The van der Waals surface area contributed by atoms with Crippen molar-refractivity contribution < 1.29 is 9.18 Å². The number of amides is 1. The third kappa shape index (κ3) is 2.95. The number of nitrogens with one attached hydrogen (secondary N) is 1. The molecule has 4 heteroatoms. The molecule has 0 heterocycles. The highest BCUT2D eigenvalue weighted by molar-refractivity contribution is 6.21. The molecule has 1 amide bonds. The largest absolute Gasteiger partial charge is 0.351 e. The molecule has 1 aliphatic carbocycles. The molecule has 1 unspecified atom stereocenters. The average Bonchev–Trinajstić information content (AvgIpc) is 3.10. The summed E-state index contributed by atoms with van der Waals surface area (Å²) in [6.07, 6.45) is 2.31. The van der Waals surface area contributed by atoms with E-state index < -0.39 is 0 Å². The molecule has 0 aromatic heterocycles.